The average molecular weight is 317 g/mol. The van der Waals surface area contributed by atoms with Gasteiger partial charge in [0.25, 0.3) is 11.8 Å². The second-order valence-corrected chi connectivity index (χ2v) is 5.62. The van der Waals surface area contributed by atoms with Gasteiger partial charge in [-0.1, -0.05) is 0 Å². The number of benzene rings is 1. The van der Waals surface area contributed by atoms with Gasteiger partial charge < -0.3 is 16.0 Å². The maximum Gasteiger partial charge on any atom is 0.256 e. The molecule has 0 saturated heterocycles. The number of primary amides is 1. The first-order chi connectivity index (χ1) is 10.6. The van der Waals surface area contributed by atoms with Gasteiger partial charge in [0.2, 0.25) is 0 Å². The summed E-state index contributed by atoms with van der Waals surface area (Å²) in [5.74, 6) is -0.801. The Labute approximate surface area is 133 Å². The van der Waals surface area contributed by atoms with Gasteiger partial charge in [0.1, 0.15) is 5.00 Å². The van der Waals surface area contributed by atoms with Crippen LogP contribution in [0.4, 0.5) is 10.7 Å². The number of hydrogen-bond donors (Lipinski definition) is 2. The molecule has 0 unspecified atom stereocenters. The third-order valence-corrected chi connectivity index (χ3v) is 4.25. The molecule has 0 bridgehead atoms. The number of anilines is 2. The van der Waals surface area contributed by atoms with Gasteiger partial charge in [-0.05, 0) is 49.6 Å². The van der Waals surface area contributed by atoms with E-state index in [1.165, 1.54) is 11.3 Å². The molecule has 0 atom stereocenters. The number of hydrogen-bond acceptors (Lipinski definition) is 4. The number of nitrogens with zero attached hydrogens (tertiary/aromatic N) is 1. The number of nitrogens with two attached hydrogens (primary N) is 1. The van der Waals surface area contributed by atoms with Crippen molar-refractivity contribution in [1.29, 1.82) is 0 Å². The van der Waals surface area contributed by atoms with Crippen LogP contribution in [0.3, 0.4) is 0 Å². The van der Waals surface area contributed by atoms with E-state index in [4.69, 9.17) is 5.73 Å². The summed E-state index contributed by atoms with van der Waals surface area (Å²) in [7, 11) is 0. The molecule has 0 fully saturated rings. The summed E-state index contributed by atoms with van der Waals surface area (Å²) in [6, 6.07) is 9.00. The molecule has 1 aromatic carbocycles. The molecule has 0 aliphatic heterocycles. The maximum atomic E-state index is 12.2. The Kier molecular flexibility index (Phi) is 5.16. The number of nitrogens with one attached hydrogen (secondary N) is 1. The van der Waals surface area contributed by atoms with Crippen LogP contribution in [0.2, 0.25) is 0 Å². The highest BCUT2D eigenvalue weighted by Crippen LogP contribution is 2.24. The zero-order valence-electron chi connectivity index (χ0n) is 12.6. The van der Waals surface area contributed by atoms with E-state index in [0.29, 0.717) is 16.1 Å². The fourth-order valence-corrected chi connectivity index (χ4v) is 2.98. The molecule has 0 spiro atoms. The number of amides is 2. The van der Waals surface area contributed by atoms with Crippen LogP contribution in [0.1, 0.15) is 34.6 Å². The van der Waals surface area contributed by atoms with Crippen molar-refractivity contribution in [3.8, 4) is 0 Å². The SMILES string of the molecule is CCN(CC)c1ccc(C(=O)Nc2sccc2C(N)=O)cc1. The normalized spacial score (nSPS) is 10.3. The summed E-state index contributed by atoms with van der Waals surface area (Å²) in [6.07, 6.45) is 0. The van der Waals surface area contributed by atoms with E-state index in [1.54, 1.807) is 23.6 Å². The number of rotatable bonds is 6. The quantitative estimate of drug-likeness (QED) is 0.860. The monoisotopic (exact) mass is 317 g/mol. The molecule has 0 aliphatic rings. The Hall–Kier alpha value is -2.34. The summed E-state index contributed by atoms with van der Waals surface area (Å²) in [6.45, 7) is 6.01. The second kappa shape index (κ2) is 7.09. The first-order valence-electron chi connectivity index (χ1n) is 7.10. The standard InChI is InChI=1S/C16H19N3O2S/c1-3-19(4-2)12-7-5-11(6-8-12)15(21)18-16-13(14(17)20)9-10-22-16/h5-10H,3-4H2,1-2H3,(H2,17,20)(H,18,21). The van der Waals surface area contributed by atoms with Crippen LogP contribution in [0.25, 0.3) is 0 Å². The third-order valence-electron chi connectivity index (χ3n) is 3.42. The van der Waals surface area contributed by atoms with Gasteiger partial charge in [0.15, 0.2) is 0 Å². The van der Waals surface area contributed by atoms with Crippen LogP contribution >= 0.6 is 11.3 Å². The predicted molar refractivity (Wildman–Crippen MR) is 90.8 cm³/mol. The Balaban J connectivity index is 2.13. The van der Waals surface area contributed by atoms with Gasteiger partial charge in [-0.25, -0.2) is 0 Å². The van der Waals surface area contributed by atoms with Crippen molar-refractivity contribution in [2.45, 2.75) is 13.8 Å². The van der Waals surface area contributed by atoms with E-state index in [2.05, 4.69) is 24.1 Å². The molecule has 2 amide bonds. The van der Waals surface area contributed by atoms with Gasteiger partial charge >= 0.3 is 0 Å². The van der Waals surface area contributed by atoms with Crippen LogP contribution in [0.15, 0.2) is 35.7 Å². The molecule has 2 rings (SSSR count). The Morgan fingerprint density at radius 2 is 1.77 bits per heavy atom. The molecule has 1 aromatic heterocycles. The minimum Gasteiger partial charge on any atom is -0.372 e. The van der Waals surface area contributed by atoms with E-state index in [-0.39, 0.29) is 5.91 Å². The first kappa shape index (κ1) is 16.0. The van der Waals surface area contributed by atoms with Gasteiger partial charge in [0.05, 0.1) is 5.56 Å². The van der Waals surface area contributed by atoms with Crippen LogP contribution in [-0.4, -0.2) is 24.9 Å². The molecule has 0 radical (unpaired) electrons. The highest BCUT2D eigenvalue weighted by atomic mass is 32.1. The topological polar surface area (TPSA) is 75.4 Å². The summed E-state index contributed by atoms with van der Waals surface area (Å²) in [5.41, 5.74) is 7.22. The van der Waals surface area contributed by atoms with Gasteiger partial charge in [-0.3, -0.25) is 9.59 Å². The Bertz CT molecular complexity index is 660. The van der Waals surface area contributed by atoms with E-state index >= 15 is 0 Å². The lowest BCUT2D eigenvalue weighted by molar-refractivity contribution is 0.100. The molecule has 0 aliphatic carbocycles. The van der Waals surface area contributed by atoms with Crippen LogP contribution in [-0.2, 0) is 0 Å². The lowest BCUT2D eigenvalue weighted by Gasteiger charge is -2.21. The lowest BCUT2D eigenvalue weighted by atomic mass is 10.1. The Morgan fingerprint density at radius 3 is 2.32 bits per heavy atom. The summed E-state index contributed by atoms with van der Waals surface area (Å²) in [4.78, 5) is 25.7. The lowest BCUT2D eigenvalue weighted by Crippen LogP contribution is -2.22. The zero-order chi connectivity index (χ0) is 16.1. The number of carbonyl (C=O) groups is 2. The molecule has 2 aromatic rings. The molecule has 6 heteroatoms. The highest BCUT2D eigenvalue weighted by molar-refractivity contribution is 7.14. The molecule has 0 saturated carbocycles. The van der Waals surface area contributed by atoms with Crippen molar-refractivity contribution >= 4 is 33.8 Å². The van der Waals surface area contributed by atoms with Gasteiger partial charge in [-0.15, -0.1) is 11.3 Å². The van der Waals surface area contributed by atoms with E-state index < -0.39 is 5.91 Å². The van der Waals surface area contributed by atoms with Gasteiger partial charge in [0, 0.05) is 24.3 Å². The summed E-state index contributed by atoms with van der Waals surface area (Å²) >= 11 is 1.28. The van der Waals surface area contributed by atoms with Crippen molar-refractivity contribution in [3.63, 3.8) is 0 Å². The molecular weight excluding hydrogens is 298 g/mol. The second-order valence-electron chi connectivity index (χ2n) is 4.70. The number of carbonyl (C=O) groups excluding carboxylic acids is 2. The summed E-state index contributed by atoms with van der Waals surface area (Å²) in [5, 5.41) is 4.93. The molecule has 5 nitrogen and oxygen atoms in total. The minimum atomic E-state index is -0.548. The molecule has 3 N–H and O–H groups in total. The fourth-order valence-electron chi connectivity index (χ4n) is 2.19. The van der Waals surface area contributed by atoms with E-state index in [0.717, 1.165) is 18.8 Å². The van der Waals surface area contributed by atoms with E-state index in [9.17, 15) is 9.59 Å². The number of thiophene rings is 1. The maximum absolute atomic E-state index is 12.2. The molecule has 22 heavy (non-hydrogen) atoms. The molecule has 1 heterocycles. The van der Waals surface area contributed by atoms with Gasteiger partial charge in [-0.2, -0.15) is 0 Å². The van der Waals surface area contributed by atoms with Crippen LogP contribution in [0, 0.1) is 0 Å². The smallest absolute Gasteiger partial charge is 0.256 e. The van der Waals surface area contributed by atoms with E-state index in [1.807, 2.05) is 12.1 Å². The van der Waals surface area contributed by atoms with Crippen molar-refractivity contribution in [3.05, 3.63) is 46.8 Å². The van der Waals surface area contributed by atoms with Crippen LogP contribution < -0.4 is 16.0 Å². The highest BCUT2D eigenvalue weighted by Gasteiger charge is 2.14. The average Bonchev–Trinajstić information content (AvgIpc) is 2.97. The summed E-state index contributed by atoms with van der Waals surface area (Å²) < 4.78 is 0. The first-order valence-corrected chi connectivity index (χ1v) is 7.98. The molecular formula is C16H19N3O2S. The van der Waals surface area contributed by atoms with Crippen molar-refractivity contribution in [2.24, 2.45) is 5.73 Å². The Morgan fingerprint density at radius 1 is 1.14 bits per heavy atom. The minimum absolute atomic E-state index is 0.254. The largest absolute Gasteiger partial charge is 0.372 e. The van der Waals surface area contributed by atoms with Crippen molar-refractivity contribution in [1.82, 2.24) is 0 Å². The van der Waals surface area contributed by atoms with Crippen molar-refractivity contribution < 1.29 is 9.59 Å². The predicted octanol–water partition coefficient (Wildman–Crippen LogP) is 2.95. The third kappa shape index (κ3) is 3.46. The molecule has 116 valence electrons. The van der Waals surface area contributed by atoms with Crippen molar-refractivity contribution in [2.75, 3.05) is 23.3 Å². The van der Waals surface area contributed by atoms with Crippen LogP contribution in [0.5, 0.6) is 0 Å². The fraction of sp³-hybridized carbons (Fsp3) is 0.250. The zero-order valence-corrected chi connectivity index (χ0v) is 13.4.